The lowest BCUT2D eigenvalue weighted by Crippen LogP contribution is -2.45. The Labute approximate surface area is 145 Å². The molecule has 0 aromatic carbocycles. The number of hydrogen-bond donors (Lipinski definition) is 1. The number of aliphatic carboxylic acids is 1. The van der Waals surface area contributed by atoms with Gasteiger partial charge < -0.3 is 33.5 Å². The molecular weight excluding hydrogens is 336 g/mol. The summed E-state index contributed by atoms with van der Waals surface area (Å²) in [6.45, 7) is 7.33. The van der Waals surface area contributed by atoms with Crippen molar-refractivity contribution < 1.29 is 43.1 Å². The van der Waals surface area contributed by atoms with Gasteiger partial charge in [0.2, 0.25) is 0 Å². The summed E-state index contributed by atoms with van der Waals surface area (Å²) in [6.07, 6.45) is -3.67. The van der Waals surface area contributed by atoms with Gasteiger partial charge in [0.15, 0.2) is 30.1 Å². The van der Waals surface area contributed by atoms with E-state index < -0.39 is 54.2 Å². The van der Waals surface area contributed by atoms with Crippen LogP contribution in [0.4, 0.5) is 0 Å². The number of carboxylic acids is 1. The summed E-state index contributed by atoms with van der Waals surface area (Å²) >= 11 is 0. The van der Waals surface area contributed by atoms with Gasteiger partial charge in [0, 0.05) is 0 Å². The van der Waals surface area contributed by atoms with Crippen LogP contribution in [0.1, 0.15) is 40.5 Å². The lowest BCUT2D eigenvalue weighted by Gasteiger charge is -2.28. The average Bonchev–Trinajstić information content (AvgIpc) is 3.08. The van der Waals surface area contributed by atoms with Crippen molar-refractivity contribution in [1.29, 1.82) is 0 Å². The fraction of sp³-hybridized carbons (Fsp3) is 0.875. The molecule has 0 aromatic heterocycles. The maximum Gasteiger partial charge on any atom is 0.306 e. The van der Waals surface area contributed by atoms with E-state index in [1.807, 2.05) is 0 Å². The monoisotopic (exact) mass is 360 g/mol. The first-order valence-electron chi connectivity index (χ1n) is 8.30. The molecule has 5 unspecified atom stereocenters. The second-order valence-electron chi connectivity index (χ2n) is 7.28. The van der Waals surface area contributed by atoms with Crippen molar-refractivity contribution in [2.75, 3.05) is 6.61 Å². The molecule has 0 spiro atoms. The van der Waals surface area contributed by atoms with Crippen LogP contribution in [0, 0.1) is 0 Å². The van der Waals surface area contributed by atoms with Crippen molar-refractivity contribution in [3.8, 4) is 0 Å². The molecule has 0 aromatic rings. The summed E-state index contributed by atoms with van der Waals surface area (Å²) in [7, 11) is 0. The molecule has 9 heteroatoms. The Bertz CT molecular complexity index is 544. The number of esters is 1. The Hall–Kier alpha value is -1.26. The molecule has 0 amide bonds. The fourth-order valence-electron chi connectivity index (χ4n) is 3.23. The number of carbonyl (C=O) groups excluding carboxylic acids is 1. The van der Waals surface area contributed by atoms with Crippen LogP contribution in [0.3, 0.4) is 0 Å². The topological polar surface area (TPSA) is 110 Å². The molecule has 142 valence electrons. The number of carboxylic acid groups (broad SMARTS) is 1. The van der Waals surface area contributed by atoms with E-state index in [1.165, 1.54) is 0 Å². The van der Waals surface area contributed by atoms with E-state index in [0.717, 1.165) is 0 Å². The number of hydrogen-bond acceptors (Lipinski definition) is 8. The Morgan fingerprint density at radius 2 is 1.76 bits per heavy atom. The van der Waals surface area contributed by atoms with E-state index in [9.17, 15) is 9.59 Å². The van der Waals surface area contributed by atoms with E-state index in [-0.39, 0.29) is 19.4 Å². The molecule has 25 heavy (non-hydrogen) atoms. The third-order valence-corrected chi connectivity index (χ3v) is 4.23. The third-order valence-electron chi connectivity index (χ3n) is 4.23. The summed E-state index contributed by atoms with van der Waals surface area (Å²) in [6, 6.07) is 0. The predicted molar refractivity (Wildman–Crippen MR) is 80.4 cm³/mol. The molecule has 0 radical (unpaired) electrons. The zero-order chi connectivity index (χ0) is 18.4. The van der Waals surface area contributed by atoms with Gasteiger partial charge in [0.05, 0.1) is 19.4 Å². The quantitative estimate of drug-likeness (QED) is 0.712. The Morgan fingerprint density at radius 1 is 1.04 bits per heavy atom. The van der Waals surface area contributed by atoms with Crippen LogP contribution in [0.2, 0.25) is 0 Å². The van der Waals surface area contributed by atoms with Crippen LogP contribution in [0.25, 0.3) is 0 Å². The number of carbonyl (C=O) groups is 2. The first-order chi connectivity index (χ1) is 11.6. The van der Waals surface area contributed by atoms with Crippen molar-refractivity contribution >= 4 is 11.9 Å². The van der Waals surface area contributed by atoms with E-state index in [2.05, 4.69) is 0 Å². The second kappa shape index (κ2) is 6.48. The van der Waals surface area contributed by atoms with E-state index in [4.69, 9.17) is 33.5 Å². The first-order valence-corrected chi connectivity index (χ1v) is 8.30. The first kappa shape index (κ1) is 18.5. The van der Waals surface area contributed by atoms with Crippen molar-refractivity contribution in [1.82, 2.24) is 0 Å². The molecule has 3 heterocycles. The van der Waals surface area contributed by atoms with Gasteiger partial charge in [-0.05, 0) is 27.7 Å². The summed E-state index contributed by atoms with van der Waals surface area (Å²) in [5.74, 6) is -3.32. The molecule has 0 saturated carbocycles. The molecule has 3 rings (SSSR count). The molecule has 5 atom stereocenters. The minimum atomic E-state index is -1.06. The summed E-state index contributed by atoms with van der Waals surface area (Å²) in [4.78, 5) is 22.7. The van der Waals surface area contributed by atoms with Gasteiger partial charge >= 0.3 is 11.9 Å². The van der Waals surface area contributed by atoms with E-state index >= 15 is 0 Å². The fourth-order valence-corrected chi connectivity index (χ4v) is 3.23. The van der Waals surface area contributed by atoms with Crippen LogP contribution in [-0.2, 0) is 38.0 Å². The average molecular weight is 360 g/mol. The SMILES string of the molecule is CC1(C)OCC(C2OC3OC(C)(C)OC3C2OC(=O)CCC(=O)O)O1. The normalized spacial score (nSPS) is 38.5. The molecule has 3 aliphatic heterocycles. The van der Waals surface area contributed by atoms with Gasteiger partial charge in [-0.1, -0.05) is 0 Å². The van der Waals surface area contributed by atoms with Crippen LogP contribution in [-0.4, -0.2) is 65.9 Å². The van der Waals surface area contributed by atoms with Crippen LogP contribution < -0.4 is 0 Å². The summed E-state index contributed by atoms with van der Waals surface area (Å²) in [5, 5.41) is 8.71. The van der Waals surface area contributed by atoms with Crippen LogP contribution in [0.15, 0.2) is 0 Å². The molecule has 3 fully saturated rings. The highest BCUT2D eigenvalue weighted by molar-refractivity contribution is 5.76. The lowest BCUT2D eigenvalue weighted by molar-refractivity contribution is -0.235. The summed E-state index contributed by atoms with van der Waals surface area (Å²) < 4.78 is 34.3. The van der Waals surface area contributed by atoms with E-state index in [1.54, 1.807) is 27.7 Å². The van der Waals surface area contributed by atoms with Crippen molar-refractivity contribution in [3.63, 3.8) is 0 Å². The van der Waals surface area contributed by atoms with Gasteiger partial charge in [0.1, 0.15) is 12.2 Å². The predicted octanol–water partition coefficient (Wildman–Crippen LogP) is 0.791. The molecule has 3 aliphatic rings. The largest absolute Gasteiger partial charge is 0.481 e. The Morgan fingerprint density at radius 3 is 2.36 bits per heavy atom. The zero-order valence-corrected chi connectivity index (χ0v) is 14.7. The van der Waals surface area contributed by atoms with Crippen molar-refractivity contribution in [2.24, 2.45) is 0 Å². The minimum absolute atomic E-state index is 0.228. The van der Waals surface area contributed by atoms with Gasteiger partial charge in [-0.25, -0.2) is 0 Å². The van der Waals surface area contributed by atoms with Gasteiger partial charge in [0.25, 0.3) is 0 Å². The number of ether oxygens (including phenoxy) is 6. The number of rotatable bonds is 5. The van der Waals surface area contributed by atoms with Gasteiger partial charge in [-0.3, -0.25) is 9.59 Å². The van der Waals surface area contributed by atoms with Crippen LogP contribution in [0.5, 0.6) is 0 Å². The molecule has 9 nitrogen and oxygen atoms in total. The van der Waals surface area contributed by atoms with Crippen molar-refractivity contribution in [2.45, 2.75) is 82.8 Å². The van der Waals surface area contributed by atoms with Crippen molar-refractivity contribution in [3.05, 3.63) is 0 Å². The Kier molecular flexibility index (Phi) is 4.80. The smallest absolute Gasteiger partial charge is 0.306 e. The van der Waals surface area contributed by atoms with E-state index in [0.29, 0.717) is 0 Å². The third kappa shape index (κ3) is 4.12. The highest BCUT2D eigenvalue weighted by atomic mass is 16.8. The minimum Gasteiger partial charge on any atom is -0.481 e. The zero-order valence-electron chi connectivity index (χ0n) is 14.7. The molecule has 1 N–H and O–H groups in total. The standard InChI is InChI=1S/C16H24O9/c1-15(2)20-7-8(23-15)11-12(21-10(19)6-5-9(17)18)13-14(22-11)25-16(3,4)24-13/h8,11-14H,5-7H2,1-4H3,(H,17,18). The maximum absolute atomic E-state index is 12.0. The van der Waals surface area contributed by atoms with Crippen LogP contribution >= 0.6 is 0 Å². The van der Waals surface area contributed by atoms with Gasteiger partial charge in [-0.2, -0.15) is 0 Å². The molecular formula is C16H24O9. The Balaban J connectivity index is 1.71. The van der Waals surface area contributed by atoms with Gasteiger partial charge in [-0.15, -0.1) is 0 Å². The highest BCUT2D eigenvalue weighted by Crippen LogP contribution is 2.42. The highest BCUT2D eigenvalue weighted by Gasteiger charge is 2.59. The maximum atomic E-state index is 12.0. The number of fused-ring (bicyclic) bond motifs is 1. The molecule has 0 aliphatic carbocycles. The second-order valence-corrected chi connectivity index (χ2v) is 7.28. The molecule has 3 saturated heterocycles. The summed E-state index contributed by atoms with van der Waals surface area (Å²) in [5.41, 5.74) is 0. The lowest BCUT2D eigenvalue weighted by atomic mass is 10.1. The molecule has 0 bridgehead atoms.